The zero-order chi connectivity index (χ0) is 13.6. The van der Waals surface area contributed by atoms with E-state index in [1.54, 1.807) is 0 Å². The van der Waals surface area contributed by atoms with Crippen molar-refractivity contribution in [2.75, 3.05) is 4.90 Å². The quantitative estimate of drug-likeness (QED) is 0.427. The van der Waals surface area contributed by atoms with Crippen molar-refractivity contribution >= 4 is 29.4 Å². The largest absolute Gasteiger partial charge is 0.386 e. The molecule has 1 aromatic carbocycles. The van der Waals surface area contributed by atoms with E-state index in [1.165, 1.54) is 18.2 Å². The average molecular weight is 259 g/mol. The van der Waals surface area contributed by atoms with E-state index < -0.39 is 11.9 Å². The molecule has 3 rings (SSSR count). The van der Waals surface area contributed by atoms with Gasteiger partial charge in [0.15, 0.2) is 0 Å². The van der Waals surface area contributed by atoms with Crippen molar-refractivity contribution in [3.8, 4) is 0 Å². The van der Waals surface area contributed by atoms with Crippen LogP contribution in [0.1, 0.15) is 40.0 Å². The third-order valence-corrected chi connectivity index (χ3v) is 3.17. The molecule has 0 bridgehead atoms. The SMILES string of the molecule is O=C1OC(=O)c2cc(N3C(=O)CCCC3=O)ccc21. The summed E-state index contributed by atoms with van der Waals surface area (Å²) in [6.45, 7) is 0. The Bertz CT molecular complexity index is 618. The molecule has 1 saturated heterocycles. The molecule has 19 heavy (non-hydrogen) atoms. The first-order chi connectivity index (χ1) is 9.08. The van der Waals surface area contributed by atoms with Gasteiger partial charge in [0, 0.05) is 12.8 Å². The number of esters is 2. The van der Waals surface area contributed by atoms with Gasteiger partial charge in [-0.2, -0.15) is 0 Å². The zero-order valence-electron chi connectivity index (χ0n) is 9.84. The number of imide groups is 1. The summed E-state index contributed by atoms with van der Waals surface area (Å²) in [7, 11) is 0. The number of fused-ring (bicyclic) bond motifs is 1. The monoisotopic (exact) mass is 259 g/mol. The van der Waals surface area contributed by atoms with E-state index >= 15 is 0 Å². The number of anilines is 1. The van der Waals surface area contributed by atoms with Crippen LogP contribution in [0.4, 0.5) is 5.69 Å². The summed E-state index contributed by atoms with van der Waals surface area (Å²) < 4.78 is 4.46. The predicted octanol–water partition coefficient (Wildman–Crippen LogP) is 1.04. The van der Waals surface area contributed by atoms with Crippen LogP contribution >= 0.6 is 0 Å². The van der Waals surface area contributed by atoms with Gasteiger partial charge >= 0.3 is 11.9 Å². The Kier molecular flexibility index (Phi) is 2.45. The molecule has 2 aliphatic rings. The lowest BCUT2D eigenvalue weighted by atomic mass is 10.1. The number of hydrogen-bond donors (Lipinski definition) is 0. The maximum absolute atomic E-state index is 11.8. The lowest BCUT2D eigenvalue weighted by Crippen LogP contribution is -2.40. The van der Waals surface area contributed by atoms with Crippen molar-refractivity contribution in [3.05, 3.63) is 29.3 Å². The van der Waals surface area contributed by atoms with Crippen LogP contribution in [0.3, 0.4) is 0 Å². The molecule has 2 amide bonds. The van der Waals surface area contributed by atoms with E-state index in [-0.39, 0.29) is 22.9 Å². The van der Waals surface area contributed by atoms with Gasteiger partial charge in [0.25, 0.3) is 0 Å². The van der Waals surface area contributed by atoms with Gasteiger partial charge in [0.05, 0.1) is 16.8 Å². The summed E-state index contributed by atoms with van der Waals surface area (Å²) in [6, 6.07) is 4.22. The first-order valence-corrected chi connectivity index (χ1v) is 5.84. The molecule has 1 aromatic rings. The Hall–Kier alpha value is -2.50. The van der Waals surface area contributed by atoms with Crippen LogP contribution < -0.4 is 4.90 Å². The minimum absolute atomic E-state index is 0.0914. The minimum atomic E-state index is -0.751. The second-order valence-corrected chi connectivity index (χ2v) is 4.38. The van der Waals surface area contributed by atoms with Gasteiger partial charge in [-0.05, 0) is 24.6 Å². The molecule has 2 aliphatic heterocycles. The van der Waals surface area contributed by atoms with Crippen molar-refractivity contribution in [1.82, 2.24) is 0 Å². The fourth-order valence-electron chi connectivity index (χ4n) is 2.25. The molecule has 0 spiro atoms. The predicted molar refractivity (Wildman–Crippen MR) is 62.5 cm³/mol. The molecule has 96 valence electrons. The summed E-state index contributed by atoms with van der Waals surface area (Å²) >= 11 is 0. The number of nitrogens with zero attached hydrogens (tertiary/aromatic N) is 1. The fourth-order valence-corrected chi connectivity index (χ4v) is 2.25. The Morgan fingerprint density at radius 1 is 0.895 bits per heavy atom. The highest BCUT2D eigenvalue weighted by atomic mass is 16.6. The summed E-state index contributed by atoms with van der Waals surface area (Å²) in [5, 5.41) is 0. The van der Waals surface area contributed by atoms with Gasteiger partial charge in [-0.3, -0.25) is 14.5 Å². The average Bonchev–Trinajstić information content (AvgIpc) is 2.65. The molecular formula is C13H9NO5. The molecule has 0 unspecified atom stereocenters. The third-order valence-electron chi connectivity index (χ3n) is 3.17. The summed E-state index contributed by atoms with van der Waals surface area (Å²) in [5.74, 6) is -2.05. The molecular weight excluding hydrogens is 250 g/mol. The molecule has 1 fully saturated rings. The number of ether oxygens (including phenoxy) is 1. The molecule has 0 aliphatic carbocycles. The molecule has 0 saturated carbocycles. The third kappa shape index (κ3) is 1.72. The van der Waals surface area contributed by atoms with Crippen LogP contribution in [0.2, 0.25) is 0 Å². The van der Waals surface area contributed by atoms with Gasteiger partial charge in [0.2, 0.25) is 11.8 Å². The fraction of sp³-hybridized carbons (Fsp3) is 0.231. The highest BCUT2D eigenvalue weighted by Crippen LogP contribution is 2.28. The van der Waals surface area contributed by atoms with Crippen LogP contribution in [0.15, 0.2) is 18.2 Å². The van der Waals surface area contributed by atoms with Gasteiger partial charge < -0.3 is 4.74 Å². The Balaban J connectivity index is 2.05. The Morgan fingerprint density at radius 2 is 1.53 bits per heavy atom. The lowest BCUT2D eigenvalue weighted by Gasteiger charge is -2.24. The van der Waals surface area contributed by atoms with Gasteiger partial charge in [-0.25, -0.2) is 9.59 Å². The molecule has 0 atom stereocenters. The number of carbonyl (C=O) groups is 4. The topological polar surface area (TPSA) is 80.8 Å². The number of amides is 2. The van der Waals surface area contributed by atoms with Crippen LogP contribution in [0.25, 0.3) is 0 Å². The first-order valence-electron chi connectivity index (χ1n) is 5.84. The van der Waals surface area contributed by atoms with E-state index in [0.717, 1.165) is 4.90 Å². The molecule has 2 heterocycles. The second kappa shape index (κ2) is 4.01. The number of benzene rings is 1. The summed E-state index contributed by atoms with van der Waals surface area (Å²) in [5.41, 5.74) is 0.555. The number of rotatable bonds is 1. The Labute approximate surface area is 107 Å². The number of cyclic esters (lactones) is 2. The van der Waals surface area contributed by atoms with Crippen molar-refractivity contribution in [2.45, 2.75) is 19.3 Å². The lowest BCUT2D eigenvalue weighted by molar-refractivity contribution is -0.129. The van der Waals surface area contributed by atoms with Crippen molar-refractivity contribution in [3.63, 3.8) is 0 Å². The molecule has 6 nitrogen and oxygen atoms in total. The van der Waals surface area contributed by atoms with Crippen LogP contribution in [0.5, 0.6) is 0 Å². The molecule has 0 radical (unpaired) electrons. The standard InChI is InChI=1S/C13H9NO5/c15-10-2-1-3-11(16)14(10)7-4-5-8-9(6-7)13(18)19-12(8)17/h4-6H,1-3H2. The smallest absolute Gasteiger partial charge is 0.346 e. The normalized spacial score (nSPS) is 18.6. The second-order valence-electron chi connectivity index (χ2n) is 4.38. The van der Waals surface area contributed by atoms with E-state index in [9.17, 15) is 19.2 Å². The molecule has 0 N–H and O–H groups in total. The van der Waals surface area contributed by atoms with E-state index in [4.69, 9.17) is 0 Å². The summed E-state index contributed by atoms with van der Waals surface area (Å²) in [4.78, 5) is 47.3. The summed E-state index contributed by atoms with van der Waals surface area (Å²) in [6.07, 6.45) is 1.14. The molecule has 0 aromatic heterocycles. The van der Waals surface area contributed by atoms with Gasteiger partial charge in [0.1, 0.15) is 0 Å². The maximum Gasteiger partial charge on any atom is 0.346 e. The molecule has 6 heteroatoms. The zero-order valence-corrected chi connectivity index (χ0v) is 9.84. The van der Waals surface area contributed by atoms with Gasteiger partial charge in [-0.1, -0.05) is 0 Å². The highest BCUT2D eigenvalue weighted by Gasteiger charge is 2.33. The van der Waals surface area contributed by atoms with Crippen LogP contribution in [-0.2, 0) is 14.3 Å². The number of hydrogen-bond acceptors (Lipinski definition) is 5. The van der Waals surface area contributed by atoms with Crippen molar-refractivity contribution < 1.29 is 23.9 Å². The number of carbonyl (C=O) groups excluding carboxylic acids is 4. The van der Waals surface area contributed by atoms with E-state index in [2.05, 4.69) is 4.74 Å². The van der Waals surface area contributed by atoms with E-state index in [1.807, 2.05) is 0 Å². The van der Waals surface area contributed by atoms with Crippen molar-refractivity contribution in [1.29, 1.82) is 0 Å². The minimum Gasteiger partial charge on any atom is -0.386 e. The maximum atomic E-state index is 11.8. The van der Waals surface area contributed by atoms with Crippen molar-refractivity contribution in [2.24, 2.45) is 0 Å². The van der Waals surface area contributed by atoms with Gasteiger partial charge in [-0.15, -0.1) is 0 Å². The van der Waals surface area contributed by atoms with Crippen LogP contribution in [-0.4, -0.2) is 23.8 Å². The Morgan fingerprint density at radius 3 is 2.21 bits per heavy atom. The van der Waals surface area contributed by atoms with Crippen LogP contribution in [0, 0.1) is 0 Å². The first kappa shape index (κ1) is 11.6. The number of piperidine rings is 1. The highest BCUT2D eigenvalue weighted by molar-refractivity contribution is 6.19. The van der Waals surface area contributed by atoms with E-state index in [0.29, 0.717) is 24.9 Å².